The van der Waals surface area contributed by atoms with E-state index in [1.165, 1.54) is 11.1 Å². The third kappa shape index (κ3) is 1.47. The number of likely N-dealkylation sites (N-methyl/N-ethyl adjacent to an activating group) is 1. The van der Waals surface area contributed by atoms with Crippen LogP contribution in [0.15, 0.2) is 36.9 Å². The number of ether oxygens (including phenoxy) is 1. The van der Waals surface area contributed by atoms with Crippen LogP contribution in [0, 0.1) is 5.92 Å². The van der Waals surface area contributed by atoms with Crippen LogP contribution < -0.4 is 4.74 Å². The molecule has 126 valence electrons. The minimum Gasteiger partial charge on any atom is -0.504 e. The van der Waals surface area contributed by atoms with E-state index in [9.17, 15) is 10.2 Å². The first-order chi connectivity index (χ1) is 11.5. The van der Waals surface area contributed by atoms with Crippen molar-refractivity contribution in [2.75, 3.05) is 20.1 Å². The smallest absolute Gasteiger partial charge is 0.165 e. The number of aliphatic hydroxyl groups excluding tert-OH is 1. The number of aliphatic hydroxyl groups is 1. The molecule has 2 bridgehead atoms. The van der Waals surface area contributed by atoms with Gasteiger partial charge in [-0.05, 0) is 17.7 Å². The zero-order valence-corrected chi connectivity index (χ0v) is 14.0. The molecule has 24 heavy (non-hydrogen) atoms. The fourth-order valence-corrected chi connectivity index (χ4v) is 6.02. The summed E-state index contributed by atoms with van der Waals surface area (Å²) >= 11 is 0. The van der Waals surface area contributed by atoms with Gasteiger partial charge in [-0.2, -0.15) is 0 Å². The highest BCUT2D eigenvalue weighted by atomic mass is 16.5. The third-order valence-corrected chi connectivity index (χ3v) is 7.09. The topological polar surface area (TPSA) is 49.7 Å². The first-order valence-corrected chi connectivity index (χ1v) is 8.85. The molecule has 2 aliphatic heterocycles. The van der Waals surface area contributed by atoms with Crippen LogP contribution in [0.3, 0.4) is 0 Å². The van der Waals surface area contributed by atoms with Crippen molar-refractivity contribution in [1.82, 2.24) is 0 Å². The molecule has 4 aliphatic rings. The van der Waals surface area contributed by atoms with E-state index >= 15 is 0 Å². The van der Waals surface area contributed by atoms with Gasteiger partial charge in [-0.3, -0.25) is 0 Å². The van der Waals surface area contributed by atoms with Crippen LogP contribution in [-0.2, 0) is 11.8 Å². The van der Waals surface area contributed by atoms with Gasteiger partial charge in [0.15, 0.2) is 11.5 Å². The second kappa shape index (κ2) is 4.44. The normalized spacial score (nSPS) is 43.9. The lowest BCUT2D eigenvalue weighted by Gasteiger charge is -2.59. The number of phenolic OH excluding ortho intramolecular Hbond substituents is 1. The van der Waals surface area contributed by atoms with Crippen molar-refractivity contribution in [1.29, 1.82) is 0 Å². The number of quaternary nitrogens is 1. The van der Waals surface area contributed by atoms with Gasteiger partial charge < -0.3 is 19.4 Å². The molecule has 1 spiro atoms. The number of hydrogen-bond acceptors (Lipinski definition) is 3. The van der Waals surface area contributed by atoms with Gasteiger partial charge in [0.1, 0.15) is 18.2 Å². The van der Waals surface area contributed by atoms with Gasteiger partial charge in [0.05, 0.1) is 25.6 Å². The Bertz CT molecular complexity index is 772. The van der Waals surface area contributed by atoms with Crippen molar-refractivity contribution >= 4 is 0 Å². The fourth-order valence-electron chi connectivity index (χ4n) is 6.02. The zero-order valence-electron chi connectivity index (χ0n) is 14.0. The van der Waals surface area contributed by atoms with Crippen LogP contribution in [0.4, 0.5) is 0 Å². The highest BCUT2D eigenvalue weighted by Gasteiger charge is 2.67. The number of rotatable bonds is 2. The van der Waals surface area contributed by atoms with E-state index in [2.05, 4.69) is 25.8 Å². The fraction of sp³-hybridized carbons (Fsp3) is 0.500. The highest BCUT2D eigenvalue weighted by Crippen LogP contribution is 2.63. The Morgan fingerprint density at radius 3 is 3.04 bits per heavy atom. The van der Waals surface area contributed by atoms with E-state index < -0.39 is 6.10 Å². The number of phenols is 1. The molecule has 1 aromatic rings. The lowest BCUT2D eigenvalue weighted by Crippen LogP contribution is -2.71. The van der Waals surface area contributed by atoms with Gasteiger partial charge in [0.25, 0.3) is 0 Å². The number of aromatic hydroxyl groups is 1. The molecule has 1 aromatic carbocycles. The van der Waals surface area contributed by atoms with Crippen LogP contribution >= 0.6 is 0 Å². The Hall–Kier alpha value is -1.78. The summed E-state index contributed by atoms with van der Waals surface area (Å²) < 4.78 is 7.16. The van der Waals surface area contributed by atoms with E-state index in [0.717, 1.165) is 30.4 Å². The maximum absolute atomic E-state index is 10.6. The lowest BCUT2D eigenvalue weighted by atomic mass is 9.52. The molecule has 0 radical (unpaired) electrons. The van der Waals surface area contributed by atoms with Crippen LogP contribution in [0.2, 0.25) is 0 Å². The summed E-state index contributed by atoms with van der Waals surface area (Å²) in [5.41, 5.74) is 2.25. The number of benzene rings is 1. The van der Waals surface area contributed by atoms with Crippen LogP contribution in [-0.4, -0.2) is 53.1 Å². The Morgan fingerprint density at radius 1 is 1.42 bits per heavy atom. The molecule has 2 aliphatic carbocycles. The molecule has 2 unspecified atom stereocenters. The summed E-state index contributed by atoms with van der Waals surface area (Å²) in [6.07, 6.45) is 7.20. The quantitative estimate of drug-likeness (QED) is 0.645. The first kappa shape index (κ1) is 14.6. The summed E-state index contributed by atoms with van der Waals surface area (Å²) in [6, 6.07) is 4.25. The molecule has 0 aromatic heterocycles. The molecule has 1 fully saturated rings. The second-order valence-electron chi connectivity index (χ2n) is 8.12. The molecule has 0 saturated carbocycles. The predicted octanol–water partition coefficient (Wildman–Crippen LogP) is 1.90. The van der Waals surface area contributed by atoms with Crippen molar-refractivity contribution in [3.63, 3.8) is 0 Å². The molecular formula is C20H24NO3+. The van der Waals surface area contributed by atoms with Gasteiger partial charge in [0.2, 0.25) is 0 Å². The average Bonchev–Trinajstić information content (AvgIpc) is 2.91. The van der Waals surface area contributed by atoms with Crippen LogP contribution in [0.1, 0.15) is 17.5 Å². The number of likely N-dealkylation sites (tertiary alicyclic amines) is 1. The van der Waals surface area contributed by atoms with Crippen molar-refractivity contribution in [3.8, 4) is 11.5 Å². The standard InChI is InChI=1S/C20H23NO3/c1-3-9-21(2)10-8-20-13-5-7-16(23)19(20)24-18-15(22)6-4-12(17(18)20)11-14(13)21/h3-7,13-14,16,19,23H,1,8-11H2,2H3/p+1/t13?,14-,16+,19+,20+,21?/m1/s1. The van der Waals surface area contributed by atoms with Crippen LogP contribution in [0.5, 0.6) is 11.5 Å². The zero-order chi connectivity index (χ0) is 16.7. The van der Waals surface area contributed by atoms with E-state index in [4.69, 9.17) is 4.74 Å². The number of hydrogen-bond donors (Lipinski definition) is 2. The highest BCUT2D eigenvalue weighted by molar-refractivity contribution is 5.61. The summed E-state index contributed by atoms with van der Waals surface area (Å²) in [5.74, 6) is 1.15. The Morgan fingerprint density at radius 2 is 2.25 bits per heavy atom. The largest absolute Gasteiger partial charge is 0.504 e. The van der Waals surface area contributed by atoms with Gasteiger partial charge in [-0.25, -0.2) is 0 Å². The summed E-state index contributed by atoms with van der Waals surface area (Å²) in [6.45, 7) is 5.97. The minimum absolute atomic E-state index is 0.195. The number of piperidine rings is 1. The molecule has 2 N–H and O–H groups in total. The molecule has 6 atom stereocenters. The maximum Gasteiger partial charge on any atom is 0.165 e. The Kier molecular flexibility index (Phi) is 2.69. The van der Waals surface area contributed by atoms with Gasteiger partial charge in [0, 0.05) is 24.3 Å². The lowest BCUT2D eigenvalue weighted by molar-refractivity contribution is -0.938. The Labute approximate surface area is 142 Å². The van der Waals surface area contributed by atoms with Gasteiger partial charge in [-0.15, -0.1) is 0 Å². The second-order valence-corrected chi connectivity index (χ2v) is 8.12. The average molecular weight is 326 g/mol. The van der Waals surface area contributed by atoms with E-state index in [1.807, 2.05) is 12.2 Å². The van der Waals surface area contributed by atoms with E-state index in [1.54, 1.807) is 6.07 Å². The van der Waals surface area contributed by atoms with Crippen molar-refractivity contribution in [2.24, 2.45) is 5.92 Å². The summed E-state index contributed by atoms with van der Waals surface area (Å²) in [7, 11) is 2.33. The van der Waals surface area contributed by atoms with Gasteiger partial charge in [-0.1, -0.05) is 24.8 Å². The molecule has 4 heteroatoms. The SMILES string of the molecule is C=CC[N+]1(C)CC[C@]23c4c5ccc(O)c4O[C@H]2[C@@H](O)C=CC3[C@H]1C5. The van der Waals surface area contributed by atoms with E-state index in [0.29, 0.717) is 17.7 Å². The van der Waals surface area contributed by atoms with Crippen molar-refractivity contribution in [2.45, 2.75) is 36.5 Å². The van der Waals surface area contributed by atoms with E-state index in [-0.39, 0.29) is 17.3 Å². The molecule has 0 amide bonds. The molecule has 4 nitrogen and oxygen atoms in total. The monoisotopic (exact) mass is 326 g/mol. The van der Waals surface area contributed by atoms with Crippen molar-refractivity contribution in [3.05, 3.63) is 48.1 Å². The minimum atomic E-state index is -0.615. The number of nitrogens with zero attached hydrogens (tertiary/aromatic N) is 1. The maximum atomic E-state index is 10.6. The first-order valence-electron chi connectivity index (χ1n) is 8.85. The summed E-state index contributed by atoms with van der Waals surface area (Å²) in [4.78, 5) is 0. The van der Waals surface area contributed by atoms with Gasteiger partial charge >= 0.3 is 0 Å². The molecule has 5 rings (SSSR count). The molecular weight excluding hydrogens is 302 g/mol. The van der Waals surface area contributed by atoms with Crippen molar-refractivity contribution < 1.29 is 19.4 Å². The third-order valence-electron chi connectivity index (χ3n) is 7.09. The Balaban J connectivity index is 1.78. The molecule has 1 saturated heterocycles. The predicted molar refractivity (Wildman–Crippen MR) is 91.1 cm³/mol. The molecule has 2 heterocycles. The summed E-state index contributed by atoms with van der Waals surface area (Å²) in [5, 5.41) is 20.9. The van der Waals surface area contributed by atoms with Crippen LogP contribution in [0.25, 0.3) is 0 Å².